The van der Waals surface area contributed by atoms with Crippen LogP contribution in [0, 0.1) is 0 Å². The smallest absolute Gasteiger partial charge is 0.341 e. The molecule has 0 radical (unpaired) electrons. The van der Waals surface area contributed by atoms with Crippen molar-refractivity contribution in [3.05, 3.63) is 51.4 Å². The Labute approximate surface area is 188 Å². The molecule has 1 aromatic heterocycles. The van der Waals surface area contributed by atoms with Crippen molar-refractivity contribution in [3.63, 3.8) is 0 Å². The van der Waals surface area contributed by atoms with E-state index in [0.29, 0.717) is 21.7 Å². The zero-order valence-electron chi connectivity index (χ0n) is 17.7. The fourth-order valence-electron chi connectivity index (χ4n) is 3.27. The molecule has 32 heavy (non-hydrogen) atoms. The lowest BCUT2D eigenvalue weighted by molar-refractivity contribution is -0.136. The number of fused-ring (bicyclic) bond motifs is 1. The Balaban J connectivity index is 1.65. The van der Waals surface area contributed by atoms with Crippen molar-refractivity contribution in [2.24, 2.45) is 5.10 Å². The quantitative estimate of drug-likeness (QED) is 0.298. The number of carbonyl (C=O) groups excluding carboxylic acids is 4. The van der Waals surface area contributed by atoms with E-state index in [0.717, 1.165) is 36.1 Å². The van der Waals surface area contributed by atoms with Gasteiger partial charge >= 0.3 is 23.8 Å². The van der Waals surface area contributed by atoms with E-state index in [4.69, 9.17) is 4.74 Å². The number of nitrogens with zero attached hydrogens (tertiary/aromatic N) is 1. The van der Waals surface area contributed by atoms with E-state index >= 15 is 0 Å². The molecule has 9 nitrogen and oxygen atoms in total. The van der Waals surface area contributed by atoms with Gasteiger partial charge < -0.3 is 14.8 Å². The van der Waals surface area contributed by atoms with Gasteiger partial charge in [-0.1, -0.05) is 12.1 Å². The standard InChI is InChI=1S/C22H23N3O6S/c1-3-31-22(29)17-15-6-4-5-7-16(15)32-20(17)24-18(26)19(27)25-23-12-13-8-10-14(11-9-13)21(28)30-2/h8-12H,3-7H2,1-2H3,(H,24,26)(H,25,27)/b23-12+. The van der Waals surface area contributed by atoms with Gasteiger partial charge in [0.05, 0.1) is 31.1 Å². The highest BCUT2D eigenvalue weighted by atomic mass is 32.1. The molecule has 2 amide bonds. The molecule has 1 aromatic carbocycles. The minimum atomic E-state index is -0.978. The molecule has 0 saturated carbocycles. The van der Waals surface area contributed by atoms with Gasteiger partial charge in [0.1, 0.15) is 5.00 Å². The maximum atomic E-state index is 12.4. The largest absolute Gasteiger partial charge is 0.465 e. The normalized spacial score (nSPS) is 12.7. The van der Waals surface area contributed by atoms with Crippen molar-refractivity contribution in [1.82, 2.24) is 5.43 Å². The van der Waals surface area contributed by atoms with Crippen molar-refractivity contribution in [2.45, 2.75) is 32.6 Å². The van der Waals surface area contributed by atoms with Crippen molar-refractivity contribution in [1.29, 1.82) is 0 Å². The number of methoxy groups -OCH3 is 1. The van der Waals surface area contributed by atoms with Crippen LogP contribution in [0.1, 0.15) is 56.5 Å². The Morgan fingerprint density at radius 1 is 1.06 bits per heavy atom. The minimum absolute atomic E-state index is 0.215. The van der Waals surface area contributed by atoms with Gasteiger partial charge in [0.25, 0.3) is 0 Å². The van der Waals surface area contributed by atoms with Gasteiger partial charge in [0.2, 0.25) is 0 Å². The van der Waals surface area contributed by atoms with Gasteiger partial charge in [-0.2, -0.15) is 5.10 Å². The first-order valence-corrected chi connectivity index (χ1v) is 10.9. The summed E-state index contributed by atoms with van der Waals surface area (Å²) >= 11 is 1.30. The van der Waals surface area contributed by atoms with Crippen LogP contribution in [0.3, 0.4) is 0 Å². The number of nitrogens with one attached hydrogen (secondary N) is 2. The van der Waals surface area contributed by atoms with Crippen LogP contribution in [0.4, 0.5) is 5.00 Å². The Morgan fingerprint density at radius 3 is 2.47 bits per heavy atom. The van der Waals surface area contributed by atoms with Crippen molar-refractivity contribution >= 4 is 46.3 Å². The summed E-state index contributed by atoms with van der Waals surface area (Å²) in [4.78, 5) is 49.4. The Bertz CT molecular complexity index is 1060. The molecule has 10 heteroatoms. The number of rotatable bonds is 6. The fraction of sp³-hybridized carbons (Fsp3) is 0.318. The highest BCUT2D eigenvalue weighted by Crippen LogP contribution is 2.38. The van der Waals surface area contributed by atoms with E-state index in [-0.39, 0.29) is 6.61 Å². The van der Waals surface area contributed by atoms with Crippen LogP contribution < -0.4 is 10.7 Å². The first kappa shape index (κ1) is 23.1. The average molecular weight is 458 g/mol. The number of thiophene rings is 1. The summed E-state index contributed by atoms with van der Waals surface area (Å²) in [5.41, 5.74) is 4.36. The highest BCUT2D eigenvalue weighted by Gasteiger charge is 2.28. The van der Waals surface area contributed by atoms with Crippen LogP contribution >= 0.6 is 11.3 Å². The van der Waals surface area contributed by atoms with Gasteiger partial charge in [0, 0.05) is 4.88 Å². The molecule has 2 N–H and O–H groups in total. The Kier molecular flexibility index (Phi) is 7.72. The summed E-state index contributed by atoms with van der Waals surface area (Å²) < 4.78 is 9.77. The van der Waals surface area contributed by atoms with Crippen molar-refractivity contribution < 1.29 is 28.7 Å². The van der Waals surface area contributed by atoms with Gasteiger partial charge in [-0.15, -0.1) is 11.3 Å². The van der Waals surface area contributed by atoms with E-state index in [2.05, 4.69) is 20.6 Å². The molecule has 0 atom stereocenters. The maximum Gasteiger partial charge on any atom is 0.341 e. The maximum absolute atomic E-state index is 12.4. The molecule has 1 aliphatic rings. The van der Waals surface area contributed by atoms with E-state index in [9.17, 15) is 19.2 Å². The minimum Gasteiger partial charge on any atom is -0.465 e. The molecule has 0 unspecified atom stereocenters. The lowest BCUT2D eigenvalue weighted by atomic mass is 9.95. The second-order valence-electron chi connectivity index (χ2n) is 6.90. The lowest BCUT2D eigenvalue weighted by Gasteiger charge is -2.12. The number of esters is 2. The number of ether oxygens (including phenoxy) is 2. The van der Waals surface area contributed by atoms with Gasteiger partial charge in [-0.05, 0) is 55.9 Å². The predicted octanol–water partition coefficient (Wildman–Crippen LogP) is 2.68. The number of hydrazone groups is 1. The summed E-state index contributed by atoms with van der Waals surface area (Å²) in [6.07, 6.45) is 4.87. The first-order valence-electron chi connectivity index (χ1n) is 10.1. The molecule has 0 fully saturated rings. The van der Waals surface area contributed by atoms with Crippen molar-refractivity contribution in [2.75, 3.05) is 19.0 Å². The molecule has 1 aliphatic carbocycles. The summed E-state index contributed by atoms with van der Waals surface area (Å²) in [6, 6.07) is 6.34. The van der Waals surface area contributed by atoms with Crippen LogP contribution in [0.15, 0.2) is 29.4 Å². The molecule has 0 aliphatic heterocycles. The summed E-state index contributed by atoms with van der Waals surface area (Å²) in [6.45, 7) is 1.93. The van der Waals surface area contributed by atoms with Gasteiger partial charge in [-0.3, -0.25) is 9.59 Å². The zero-order chi connectivity index (χ0) is 23.1. The third-order valence-electron chi connectivity index (χ3n) is 4.80. The monoisotopic (exact) mass is 457 g/mol. The number of hydrogen-bond acceptors (Lipinski definition) is 8. The van der Waals surface area contributed by atoms with Crippen LogP contribution in [-0.2, 0) is 31.9 Å². The topological polar surface area (TPSA) is 123 Å². The molecule has 0 bridgehead atoms. The summed E-state index contributed by atoms with van der Waals surface area (Å²) in [5, 5.41) is 6.60. The second-order valence-corrected chi connectivity index (χ2v) is 8.01. The number of carbonyl (C=O) groups is 4. The number of amides is 2. The number of hydrogen-bond donors (Lipinski definition) is 2. The predicted molar refractivity (Wildman–Crippen MR) is 119 cm³/mol. The molecule has 168 valence electrons. The summed E-state index contributed by atoms with van der Waals surface area (Å²) in [5.74, 6) is -2.88. The third kappa shape index (κ3) is 5.38. The third-order valence-corrected chi connectivity index (χ3v) is 6.00. The van der Waals surface area contributed by atoms with Crippen LogP contribution in [-0.4, -0.2) is 43.7 Å². The number of anilines is 1. The van der Waals surface area contributed by atoms with Gasteiger partial charge in [0.15, 0.2) is 0 Å². The Morgan fingerprint density at radius 2 is 1.78 bits per heavy atom. The SMILES string of the molecule is CCOC(=O)c1c(NC(=O)C(=O)N/N=C/c2ccc(C(=O)OC)cc2)sc2c1CCCC2. The second kappa shape index (κ2) is 10.7. The molecular weight excluding hydrogens is 434 g/mol. The van der Waals surface area contributed by atoms with E-state index in [1.165, 1.54) is 24.7 Å². The zero-order valence-corrected chi connectivity index (χ0v) is 18.5. The average Bonchev–Trinajstić information content (AvgIpc) is 3.16. The van der Waals surface area contributed by atoms with E-state index in [1.54, 1.807) is 31.2 Å². The van der Waals surface area contributed by atoms with E-state index in [1.807, 2.05) is 0 Å². The fourth-order valence-corrected chi connectivity index (χ4v) is 4.54. The molecule has 2 aromatic rings. The van der Waals surface area contributed by atoms with Gasteiger partial charge in [-0.25, -0.2) is 15.0 Å². The van der Waals surface area contributed by atoms with Crippen LogP contribution in [0.2, 0.25) is 0 Å². The van der Waals surface area contributed by atoms with E-state index < -0.39 is 23.8 Å². The molecule has 1 heterocycles. The van der Waals surface area contributed by atoms with Crippen molar-refractivity contribution in [3.8, 4) is 0 Å². The number of aryl methyl sites for hydroxylation is 1. The lowest BCUT2D eigenvalue weighted by Crippen LogP contribution is -2.32. The number of benzene rings is 1. The summed E-state index contributed by atoms with van der Waals surface area (Å²) in [7, 11) is 1.29. The molecular formula is C22H23N3O6S. The molecule has 0 saturated heterocycles. The highest BCUT2D eigenvalue weighted by molar-refractivity contribution is 7.17. The first-order chi connectivity index (χ1) is 15.4. The molecule has 3 rings (SSSR count). The van der Waals surface area contributed by atoms with Crippen LogP contribution in [0.25, 0.3) is 0 Å². The van der Waals surface area contributed by atoms with Crippen LogP contribution in [0.5, 0.6) is 0 Å². The molecule has 0 spiro atoms. The Hall–Kier alpha value is -3.53.